The molecule has 0 saturated carbocycles. The molecule has 0 aliphatic heterocycles. The molecular weight excluding hydrogens is 308 g/mol. The van der Waals surface area contributed by atoms with Crippen molar-refractivity contribution in [2.75, 3.05) is 19.4 Å². The van der Waals surface area contributed by atoms with Crippen LogP contribution in [0.5, 0.6) is 0 Å². The molecule has 24 heavy (non-hydrogen) atoms. The van der Waals surface area contributed by atoms with Crippen LogP contribution >= 0.6 is 0 Å². The van der Waals surface area contributed by atoms with Crippen molar-refractivity contribution >= 4 is 17.6 Å². The second kappa shape index (κ2) is 6.43. The Bertz CT molecular complexity index is 758. The lowest BCUT2D eigenvalue weighted by Crippen LogP contribution is -2.36. The van der Waals surface area contributed by atoms with Gasteiger partial charge in [-0.15, -0.1) is 0 Å². The van der Waals surface area contributed by atoms with Gasteiger partial charge in [0.1, 0.15) is 11.6 Å². The standard InChI is InChI=1S/C17H22N4O3/c1-10-14(11(2)24-20-10)17(3,4)16(23)19-13-9-12(7-8-18-13)15(22)21(5)6/h7-9H,1-6H3,(H,18,19,23). The largest absolute Gasteiger partial charge is 0.361 e. The summed E-state index contributed by atoms with van der Waals surface area (Å²) in [5.74, 6) is 0.529. The molecule has 128 valence electrons. The van der Waals surface area contributed by atoms with E-state index in [2.05, 4.69) is 15.5 Å². The van der Waals surface area contributed by atoms with Crippen LogP contribution in [0, 0.1) is 13.8 Å². The SMILES string of the molecule is Cc1noc(C)c1C(C)(C)C(=O)Nc1cc(C(=O)N(C)C)ccn1. The van der Waals surface area contributed by atoms with Gasteiger partial charge in [0.05, 0.1) is 11.1 Å². The lowest BCUT2D eigenvalue weighted by Gasteiger charge is -2.23. The number of hydrogen-bond acceptors (Lipinski definition) is 5. The molecule has 0 fully saturated rings. The first-order valence-corrected chi connectivity index (χ1v) is 7.57. The van der Waals surface area contributed by atoms with Gasteiger partial charge in [-0.25, -0.2) is 4.98 Å². The van der Waals surface area contributed by atoms with Crippen LogP contribution in [0.15, 0.2) is 22.9 Å². The first kappa shape index (κ1) is 17.7. The fourth-order valence-electron chi connectivity index (χ4n) is 2.65. The van der Waals surface area contributed by atoms with Gasteiger partial charge in [-0.3, -0.25) is 9.59 Å². The zero-order valence-corrected chi connectivity index (χ0v) is 14.8. The van der Waals surface area contributed by atoms with Gasteiger partial charge in [0.2, 0.25) is 5.91 Å². The third-order valence-corrected chi connectivity index (χ3v) is 3.88. The summed E-state index contributed by atoms with van der Waals surface area (Å²) in [5, 5.41) is 6.68. The maximum atomic E-state index is 12.7. The molecule has 7 heteroatoms. The maximum absolute atomic E-state index is 12.7. The molecule has 0 saturated heterocycles. The lowest BCUT2D eigenvalue weighted by atomic mass is 9.82. The Morgan fingerprint density at radius 1 is 1.25 bits per heavy atom. The van der Waals surface area contributed by atoms with Crippen molar-refractivity contribution in [2.45, 2.75) is 33.1 Å². The number of aryl methyl sites for hydroxylation is 2. The van der Waals surface area contributed by atoms with Gasteiger partial charge in [-0.05, 0) is 39.8 Å². The number of carbonyl (C=O) groups is 2. The summed E-state index contributed by atoms with van der Waals surface area (Å²) in [4.78, 5) is 30.3. The summed E-state index contributed by atoms with van der Waals surface area (Å²) >= 11 is 0. The highest BCUT2D eigenvalue weighted by atomic mass is 16.5. The predicted octanol–water partition coefficient (Wildman–Crippen LogP) is 2.30. The molecule has 0 bridgehead atoms. The average molecular weight is 330 g/mol. The van der Waals surface area contributed by atoms with Gasteiger partial charge in [-0.2, -0.15) is 0 Å². The van der Waals surface area contributed by atoms with Crippen LogP contribution in [0.4, 0.5) is 5.82 Å². The van der Waals surface area contributed by atoms with E-state index in [0.29, 0.717) is 22.8 Å². The second-order valence-electron chi connectivity index (χ2n) is 6.41. The Hall–Kier alpha value is -2.70. The third-order valence-electron chi connectivity index (χ3n) is 3.88. The minimum Gasteiger partial charge on any atom is -0.361 e. The van der Waals surface area contributed by atoms with Crippen LogP contribution in [-0.2, 0) is 10.2 Å². The van der Waals surface area contributed by atoms with Gasteiger partial charge >= 0.3 is 0 Å². The Morgan fingerprint density at radius 3 is 2.46 bits per heavy atom. The van der Waals surface area contributed by atoms with Crippen LogP contribution in [0.25, 0.3) is 0 Å². The van der Waals surface area contributed by atoms with E-state index >= 15 is 0 Å². The lowest BCUT2D eigenvalue weighted by molar-refractivity contribution is -0.120. The molecule has 0 atom stereocenters. The molecule has 0 aliphatic rings. The van der Waals surface area contributed by atoms with Gasteiger partial charge in [0.15, 0.2) is 0 Å². The Morgan fingerprint density at radius 2 is 1.92 bits per heavy atom. The molecule has 2 aromatic heterocycles. The van der Waals surface area contributed by atoms with Gasteiger partial charge in [0, 0.05) is 31.4 Å². The van der Waals surface area contributed by atoms with Crippen molar-refractivity contribution < 1.29 is 14.1 Å². The number of nitrogens with zero attached hydrogens (tertiary/aromatic N) is 3. The highest BCUT2D eigenvalue weighted by Crippen LogP contribution is 2.30. The monoisotopic (exact) mass is 330 g/mol. The summed E-state index contributed by atoms with van der Waals surface area (Å²) in [6.07, 6.45) is 1.50. The van der Waals surface area contributed by atoms with Crippen LogP contribution in [0.1, 0.15) is 41.2 Å². The van der Waals surface area contributed by atoms with E-state index in [9.17, 15) is 9.59 Å². The zero-order chi connectivity index (χ0) is 18.1. The van der Waals surface area contributed by atoms with E-state index in [0.717, 1.165) is 5.56 Å². The van der Waals surface area contributed by atoms with Crippen molar-refractivity contribution in [3.8, 4) is 0 Å². The molecule has 7 nitrogen and oxygen atoms in total. The molecule has 0 aromatic carbocycles. The molecule has 1 N–H and O–H groups in total. The number of anilines is 1. The first-order valence-electron chi connectivity index (χ1n) is 7.57. The Kier molecular flexibility index (Phi) is 4.73. The van der Waals surface area contributed by atoms with Crippen LogP contribution in [0.2, 0.25) is 0 Å². The molecule has 2 amide bonds. The normalized spacial score (nSPS) is 11.2. The average Bonchev–Trinajstić information content (AvgIpc) is 2.86. The Labute approximate surface area is 141 Å². The topological polar surface area (TPSA) is 88.3 Å². The van der Waals surface area contributed by atoms with Crippen molar-refractivity contribution in [1.82, 2.24) is 15.0 Å². The quantitative estimate of drug-likeness (QED) is 0.929. The summed E-state index contributed by atoms with van der Waals surface area (Å²) in [6, 6.07) is 3.17. The number of pyridine rings is 1. The number of nitrogens with one attached hydrogen (secondary N) is 1. The molecule has 2 heterocycles. The van der Waals surface area contributed by atoms with Gasteiger partial charge in [-0.1, -0.05) is 5.16 Å². The Balaban J connectivity index is 2.27. The molecule has 0 unspecified atom stereocenters. The van der Waals surface area contributed by atoms with Gasteiger partial charge in [0.25, 0.3) is 5.91 Å². The summed E-state index contributed by atoms with van der Waals surface area (Å²) in [6.45, 7) is 7.17. The van der Waals surface area contributed by atoms with Crippen molar-refractivity contribution in [1.29, 1.82) is 0 Å². The smallest absolute Gasteiger partial charge is 0.253 e. The molecule has 0 aliphatic carbocycles. The fourth-order valence-corrected chi connectivity index (χ4v) is 2.65. The van der Waals surface area contributed by atoms with Gasteiger partial charge < -0.3 is 14.7 Å². The van der Waals surface area contributed by atoms with Crippen LogP contribution in [-0.4, -0.2) is 41.0 Å². The number of aromatic nitrogens is 2. The highest BCUT2D eigenvalue weighted by Gasteiger charge is 2.35. The number of amides is 2. The summed E-state index contributed by atoms with van der Waals surface area (Å²) in [7, 11) is 3.34. The van der Waals surface area contributed by atoms with Crippen molar-refractivity contribution in [3.05, 3.63) is 40.9 Å². The number of rotatable bonds is 4. The summed E-state index contributed by atoms with van der Waals surface area (Å²) < 4.78 is 5.16. The number of hydrogen-bond donors (Lipinski definition) is 1. The molecule has 2 rings (SSSR count). The van der Waals surface area contributed by atoms with Crippen LogP contribution in [0.3, 0.4) is 0 Å². The third kappa shape index (κ3) is 3.29. The van der Waals surface area contributed by atoms with E-state index < -0.39 is 5.41 Å². The molecular formula is C17H22N4O3. The minimum absolute atomic E-state index is 0.155. The molecule has 0 radical (unpaired) electrons. The maximum Gasteiger partial charge on any atom is 0.253 e. The van der Waals surface area contributed by atoms with E-state index in [4.69, 9.17) is 4.52 Å². The minimum atomic E-state index is -0.850. The number of carbonyl (C=O) groups excluding carboxylic acids is 2. The van der Waals surface area contributed by atoms with Crippen molar-refractivity contribution in [3.63, 3.8) is 0 Å². The van der Waals surface area contributed by atoms with E-state index in [1.165, 1.54) is 11.1 Å². The van der Waals surface area contributed by atoms with E-state index in [1.807, 2.05) is 0 Å². The van der Waals surface area contributed by atoms with Crippen molar-refractivity contribution in [2.24, 2.45) is 0 Å². The fraction of sp³-hybridized carbons (Fsp3) is 0.412. The zero-order valence-electron chi connectivity index (χ0n) is 14.8. The molecule has 2 aromatic rings. The highest BCUT2D eigenvalue weighted by molar-refractivity contribution is 6.00. The predicted molar refractivity (Wildman–Crippen MR) is 89.9 cm³/mol. The van der Waals surface area contributed by atoms with Crippen LogP contribution < -0.4 is 5.32 Å². The van der Waals surface area contributed by atoms with E-state index in [1.54, 1.807) is 53.9 Å². The summed E-state index contributed by atoms with van der Waals surface area (Å²) in [5.41, 5.74) is 1.04. The second-order valence-corrected chi connectivity index (χ2v) is 6.41. The van der Waals surface area contributed by atoms with E-state index in [-0.39, 0.29) is 11.8 Å². The first-order chi connectivity index (χ1) is 11.1. The molecule has 0 spiro atoms.